The maximum Gasteiger partial charge on any atom is 0.419 e. The minimum Gasteiger partial charge on any atom is -0.445 e. The van der Waals surface area contributed by atoms with Gasteiger partial charge in [-0.1, -0.05) is 53.6 Å². The SMILES string of the molecule is CC(C)=CCC/C(C)=C\COC(=O)N(c1ccccc1)c1ccccc1. The molecule has 0 aliphatic heterocycles. The van der Waals surface area contributed by atoms with Gasteiger partial charge in [-0.2, -0.15) is 0 Å². The minimum atomic E-state index is -0.379. The number of rotatable bonds is 7. The van der Waals surface area contributed by atoms with E-state index in [4.69, 9.17) is 4.74 Å². The first-order valence-electron chi connectivity index (χ1n) is 8.94. The summed E-state index contributed by atoms with van der Waals surface area (Å²) in [6, 6.07) is 19.1. The van der Waals surface area contributed by atoms with Gasteiger partial charge >= 0.3 is 6.09 Å². The molecule has 0 bridgehead atoms. The maximum absolute atomic E-state index is 12.7. The second-order valence-corrected chi connectivity index (χ2v) is 6.45. The van der Waals surface area contributed by atoms with Gasteiger partial charge in [0, 0.05) is 0 Å². The fraction of sp³-hybridized carbons (Fsp3) is 0.261. The zero-order chi connectivity index (χ0) is 18.8. The molecule has 26 heavy (non-hydrogen) atoms. The normalized spacial score (nSPS) is 11.0. The maximum atomic E-state index is 12.7. The summed E-state index contributed by atoms with van der Waals surface area (Å²) in [6.45, 7) is 6.54. The molecule has 2 aromatic carbocycles. The number of nitrogens with zero attached hydrogens (tertiary/aromatic N) is 1. The van der Waals surface area contributed by atoms with Crippen LogP contribution in [0, 0.1) is 0 Å². The van der Waals surface area contributed by atoms with Gasteiger partial charge in [-0.3, -0.25) is 0 Å². The van der Waals surface area contributed by atoms with Crippen LogP contribution < -0.4 is 4.90 Å². The monoisotopic (exact) mass is 349 g/mol. The second-order valence-electron chi connectivity index (χ2n) is 6.45. The summed E-state index contributed by atoms with van der Waals surface area (Å²) in [6.07, 6.45) is 5.80. The molecule has 2 aromatic rings. The molecule has 0 radical (unpaired) electrons. The second kappa shape index (κ2) is 10.2. The van der Waals surface area contributed by atoms with Crippen molar-refractivity contribution in [2.24, 2.45) is 0 Å². The summed E-state index contributed by atoms with van der Waals surface area (Å²) in [5, 5.41) is 0. The Labute approximate surface area is 156 Å². The van der Waals surface area contributed by atoms with Crippen molar-refractivity contribution in [1.82, 2.24) is 0 Å². The fourth-order valence-electron chi connectivity index (χ4n) is 2.52. The van der Waals surface area contributed by atoms with E-state index in [0.29, 0.717) is 0 Å². The zero-order valence-electron chi connectivity index (χ0n) is 15.8. The Kier molecular flexibility index (Phi) is 7.69. The molecule has 0 N–H and O–H groups in total. The standard InChI is InChI=1S/C23H27NO2/c1-19(2)11-10-12-20(3)17-18-26-23(25)24(21-13-6-4-7-14-21)22-15-8-5-9-16-22/h4-9,11,13-17H,10,12,18H2,1-3H3/b20-17-. The predicted octanol–water partition coefficient (Wildman–Crippen LogP) is 6.65. The number of para-hydroxylation sites is 2. The molecule has 0 aromatic heterocycles. The number of hydrogen-bond donors (Lipinski definition) is 0. The average Bonchev–Trinajstić information content (AvgIpc) is 2.63. The van der Waals surface area contributed by atoms with Crippen LogP contribution in [0.4, 0.5) is 16.2 Å². The molecule has 0 spiro atoms. The first kappa shape index (κ1) is 19.5. The van der Waals surface area contributed by atoms with Crippen LogP contribution in [0.2, 0.25) is 0 Å². The number of benzene rings is 2. The van der Waals surface area contributed by atoms with E-state index in [-0.39, 0.29) is 12.7 Å². The van der Waals surface area contributed by atoms with Gasteiger partial charge in [0.15, 0.2) is 0 Å². The topological polar surface area (TPSA) is 29.5 Å². The van der Waals surface area contributed by atoms with Crippen molar-refractivity contribution in [2.75, 3.05) is 11.5 Å². The highest BCUT2D eigenvalue weighted by molar-refractivity contribution is 5.95. The molecule has 1 amide bonds. The first-order chi connectivity index (χ1) is 12.6. The van der Waals surface area contributed by atoms with Gasteiger partial charge in [0.2, 0.25) is 0 Å². The molecule has 0 heterocycles. The molecule has 136 valence electrons. The Morgan fingerprint density at radius 3 is 1.92 bits per heavy atom. The van der Waals surface area contributed by atoms with Crippen LogP contribution in [0.5, 0.6) is 0 Å². The fourth-order valence-corrected chi connectivity index (χ4v) is 2.52. The number of allylic oxidation sites excluding steroid dienone is 3. The lowest BCUT2D eigenvalue weighted by Gasteiger charge is -2.22. The summed E-state index contributed by atoms with van der Waals surface area (Å²) in [5.41, 5.74) is 4.12. The van der Waals surface area contributed by atoms with Crippen LogP contribution in [0.25, 0.3) is 0 Å². The van der Waals surface area contributed by atoms with Gasteiger partial charge in [0.1, 0.15) is 6.61 Å². The Hall–Kier alpha value is -2.81. The summed E-state index contributed by atoms with van der Waals surface area (Å²) in [4.78, 5) is 14.3. The molecular formula is C23H27NO2. The van der Waals surface area contributed by atoms with Crippen LogP contribution in [-0.2, 0) is 4.74 Å². The Morgan fingerprint density at radius 2 is 1.42 bits per heavy atom. The zero-order valence-corrected chi connectivity index (χ0v) is 15.8. The third kappa shape index (κ3) is 6.25. The molecule has 3 nitrogen and oxygen atoms in total. The lowest BCUT2D eigenvalue weighted by molar-refractivity contribution is 0.168. The van der Waals surface area contributed by atoms with Crippen molar-refractivity contribution in [3.63, 3.8) is 0 Å². The molecule has 0 aliphatic carbocycles. The third-order valence-corrected chi connectivity index (χ3v) is 3.94. The van der Waals surface area contributed by atoms with Crippen LogP contribution in [0.1, 0.15) is 33.6 Å². The molecular weight excluding hydrogens is 322 g/mol. The lowest BCUT2D eigenvalue weighted by Crippen LogP contribution is -2.26. The average molecular weight is 349 g/mol. The van der Waals surface area contributed by atoms with Crippen molar-refractivity contribution >= 4 is 17.5 Å². The summed E-state index contributed by atoms with van der Waals surface area (Å²) in [5.74, 6) is 0. The molecule has 3 heteroatoms. The summed E-state index contributed by atoms with van der Waals surface area (Å²) >= 11 is 0. The van der Waals surface area contributed by atoms with Crippen molar-refractivity contribution < 1.29 is 9.53 Å². The Balaban J connectivity index is 2.03. The van der Waals surface area contributed by atoms with E-state index >= 15 is 0 Å². The molecule has 0 saturated carbocycles. The van der Waals surface area contributed by atoms with Crippen LogP contribution in [-0.4, -0.2) is 12.7 Å². The quantitative estimate of drug-likeness (QED) is 0.523. The van der Waals surface area contributed by atoms with Gasteiger partial charge in [-0.15, -0.1) is 0 Å². The van der Waals surface area contributed by atoms with Gasteiger partial charge in [0.25, 0.3) is 0 Å². The minimum absolute atomic E-state index is 0.273. The number of ether oxygens (including phenoxy) is 1. The van der Waals surface area contributed by atoms with Crippen molar-refractivity contribution in [3.8, 4) is 0 Å². The van der Waals surface area contributed by atoms with E-state index in [0.717, 1.165) is 24.2 Å². The first-order valence-corrected chi connectivity index (χ1v) is 8.94. The van der Waals surface area contributed by atoms with Crippen LogP contribution in [0.15, 0.2) is 84.0 Å². The van der Waals surface area contributed by atoms with E-state index in [9.17, 15) is 4.79 Å². The molecule has 0 atom stereocenters. The molecule has 0 fully saturated rings. The van der Waals surface area contributed by atoms with Crippen LogP contribution in [0.3, 0.4) is 0 Å². The molecule has 2 rings (SSSR count). The lowest BCUT2D eigenvalue weighted by atomic mass is 10.1. The highest BCUT2D eigenvalue weighted by Gasteiger charge is 2.18. The number of amides is 1. The van der Waals surface area contributed by atoms with E-state index in [1.54, 1.807) is 4.90 Å². The Bertz CT molecular complexity index is 705. The molecule has 0 saturated heterocycles. The van der Waals surface area contributed by atoms with Crippen molar-refractivity contribution in [1.29, 1.82) is 0 Å². The summed E-state index contributed by atoms with van der Waals surface area (Å²) < 4.78 is 5.51. The number of anilines is 2. The third-order valence-electron chi connectivity index (χ3n) is 3.94. The van der Waals surface area contributed by atoms with Gasteiger partial charge in [-0.05, 0) is 64.0 Å². The summed E-state index contributed by atoms with van der Waals surface area (Å²) in [7, 11) is 0. The van der Waals surface area contributed by atoms with E-state index in [2.05, 4.69) is 26.8 Å². The highest BCUT2D eigenvalue weighted by Crippen LogP contribution is 2.25. The van der Waals surface area contributed by atoms with Gasteiger partial charge < -0.3 is 4.74 Å². The molecule has 0 unspecified atom stereocenters. The predicted molar refractivity (Wildman–Crippen MR) is 109 cm³/mol. The number of carbonyl (C=O) groups is 1. The van der Waals surface area contributed by atoms with Crippen LogP contribution >= 0.6 is 0 Å². The number of hydrogen-bond acceptors (Lipinski definition) is 2. The van der Waals surface area contributed by atoms with Gasteiger partial charge in [0.05, 0.1) is 11.4 Å². The van der Waals surface area contributed by atoms with Gasteiger partial charge in [-0.25, -0.2) is 9.69 Å². The highest BCUT2D eigenvalue weighted by atomic mass is 16.6. The molecule has 0 aliphatic rings. The van der Waals surface area contributed by atoms with E-state index in [1.165, 1.54) is 11.1 Å². The van der Waals surface area contributed by atoms with Crippen molar-refractivity contribution in [3.05, 3.63) is 84.0 Å². The Morgan fingerprint density at radius 1 is 0.885 bits per heavy atom. The van der Waals surface area contributed by atoms with E-state index in [1.807, 2.05) is 66.7 Å². The smallest absolute Gasteiger partial charge is 0.419 e. The number of carbonyl (C=O) groups excluding carboxylic acids is 1. The largest absolute Gasteiger partial charge is 0.445 e. The van der Waals surface area contributed by atoms with Crippen molar-refractivity contribution in [2.45, 2.75) is 33.6 Å². The van der Waals surface area contributed by atoms with E-state index < -0.39 is 0 Å².